The molecule has 0 saturated heterocycles. The number of rotatable bonds is 6. The van der Waals surface area contributed by atoms with Crippen molar-refractivity contribution in [2.24, 2.45) is 5.92 Å². The van der Waals surface area contributed by atoms with Crippen molar-refractivity contribution in [1.82, 2.24) is 9.97 Å². The Morgan fingerprint density at radius 1 is 1.15 bits per heavy atom. The summed E-state index contributed by atoms with van der Waals surface area (Å²) in [6.07, 6.45) is 2.39. The Bertz CT molecular complexity index is 1420. The molecule has 2 aliphatic carbocycles. The molecule has 0 bridgehead atoms. The Labute approximate surface area is 232 Å². The zero-order valence-electron chi connectivity index (χ0n) is 22.8. The lowest BCUT2D eigenvalue weighted by Gasteiger charge is -2.53. The maximum Gasteiger partial charge on any atom is 0.392 e. The van der Waals surface area contributed by atoms with Crippen molar-refractivity contribution in [3.05, 3.63) is 101 Å². The van der Waals surface area contributed by atoms with Gasteiger partial charge in [0.25, 0.3) is 5.91 Å². The number of halogens is 3. The smallest absolute Gasteiger partial charge is 0.386 e. The highest BCUT2D eigenvalue weighted by molar-refractivity contribution is 6.04. The molecule has 1 amide bonds. The summed E-state index contributed by atoms with van der Waals surface area (Å²) in [5.74, 6) is 0.490. The summed E-state index contributed by atoms with van der Waals surface area (Å²) >= 11 is 0. The molecule has 1 heterocycles. The van der Waals surface area contributed by atoms with Crippen LogP contribution in [0.25, 0.3) is 0 Å². The molecule has 40 heavy (non-hydrogen) atoms. The molecule has 2 N–H and O–H groups in total. The fraction of sp³-hybridized carbons (Fsp3) is 0.406. The van der Waals surface area contributed by atoms with Gasteiger partial charge < -0.3 is 10.4 Å². The standard InChI is InChI=1S/C32H34F3N3O2/c1-21-28(20-36-22(2)37-21)38-29(39)25-10-12-27-24(17-25)9-11-26-19-30(40,13-6-14-32(33,34)35)15-16-31(26,27)18-23-7-4-3-5-8-23/h3-8,10,12-13,17,20,26,40H,9,11,14-16,18-19H2,1-2H3,(H,38,39)/b13-6+/t26?,30-,31+/m1/s1. The number of benzene rings is 2. The van der Waals surface area contributed by atoms with E-state index in [4.69, 9.17) is 0 Å². The third kappa shape index (κ3) is 5.97. The van der Waals surface area contributed by atoms with Gasteiger partial charge in [-0.05, 0) is 87.1 Å². The molecule has 3 aromatic rings. The first kappa shape index (κ1) is 28.0. The van der Waals surface area contributed by atoms with Crippen LogP contribution in [0.3, 0.4) is 0 Å². The van der Waals surface area contributed by atoms with E-state index < -0.39 is 18.2 Å². The molecule has 2 aliphatic rings. The number of hydrogen-bond donors (Lipinski definition) is 2. The predicted octanol–water partition coefficient (Wildman–Crippen LogP) is 6.81. The number of alkyl halides is 3. The number of nitrogens with zero attached hydrogens (tertiary/aromatic N) is 2. The van der Waals surface area contributed by atoms with Crippen molar-refractivity contribution in [2.45, 2.75) is 76.0 Å². The van der Waals surface area contributed by atoms with Crippen molar-refractivity contribution in [2.75, 3.05) is 5.32 Å². The summed E-state index contributed by atoms with van der Waals surface area (Å²) in [5.41, 5.74) is 3.72. The highest BCUT2D eigenvalue weighted by atomic mass is 19.4. The number of carbonyl (C=O) groups excluding carboxylic acids is 1. The van der Waals surface area contributed by atoms with E-state index in [-0.39, 0.29) is 17.2 Å². The first-order valence-electron chi connectivity index (χ1n) is 13.7. The number of allylic oxidation sites excluding steroid dienone is 1. The first-order chi connectivity index (χ1) is 19.0. The van der Waals surface area contributed by atoms with Crippen LogP contribution in [0, 0.1) is 19.8 Å². The number of carbonyl (C=O) groups is 1. The summed E-state index contributed by atoms with van der Waals surface area (Å²) < 4.78 is 38.3. The van der Waals surface area contributed by atoms with Crippen molar-refractivity contribution >= 4 is 11.6 Å². The molecule has 0 spiro atoms. The lowest BCUT2D eigenvalue weighted by Crippen LogP contribution is -2.50. The summed E-state index contributed by atoms with van der Waals surface area (Å²) in [5, 5.41) is 14.2. The van der Waals surface area contributed by atoms with Gasteiger partial charge in [-0.2, -0.15) is 13.2 Å². The molecule has 1 saturated carbocycles. The summed E-state index contributed by atoms with van der Waals surface area (Å²) in [4.78, 5) is 21.7. The fourth-order valence-corrected chi connectivity index (χ4v) is 6.61. The molecule has 0 radical (unpaired) electrons. The molecule has 1 fully saturated rings. The van der Waals surface area contributed by atoms with Gasteiger partial charge in [0.1, 0.15) is 5.82 Å². The molecule has 0 aliphatic heterocycles. The van der Waals surface area contributed by atoms with Crippen molar-refractivity contribution in [3.63, 3.8) is 0 Å². The topological polar surface area (TPSA) is 75.1 Å². The van der Waals surface area contributed by atoms with Crippen LogP contribution in [-0.4, -0.2) is 32.8 Å². The lowest BCUT2D eigenvalue weighted by molar-refractivity contribution is -0.125. The van der Waals surface area contributed by atoms with Crippen LogP contribution >= 0.6 is 0 Å². The van der Waals surface area contributed by atoms with Crippen molar-refractivity contribution < 1.29 is 23.1 Å². The summed E-state index contributed by atoms with van der Waals surface area (Å²) in [6.45, 7) is 3.62. The number of fused-ring (bicyclic) bond motifs is 3. The highest BCUT2D eigenvalue weighted by Gasteiger charge is 2.51. The summed E-state index contributed by atoms with van der Waals surface area (Å²) in [6, 6.07) is 16.0. The number of amides is 1. The monoisotopic (exact) mass is 549 g/mol. The lowest BCUT2D eigenvalue weighted by atomic mass is 9.52. The average Bonchev–Trinajstić information content (AvgIpc) is 2.90. The van der Waals surface area contributed by atoms with E-state index in [1.54, 1.807) is 13.1 Å². The zero-order chi connectivity index (χ0) is 28.5. The Kier molecular flexibility index (Phi) is 7.57. The van der Waals surface area contributed by atoms with Crippen LogP contribution in [-0.2, 0) is 18.3 Å². The van der Waals surface area contributed by atoms with Gasteiger partial charge in [-0.3, -0.25) is 4.79 Å². The fourth-order valence-electron chi connectivity index (χ4n) is 6.61. The average molecular weight is 550 g/mol. The zero-order valence-corrected chi connectivity index (χ0v) is 22.8. The van der Waals surface area contributed by atoms with Gasteiger partial charge >= 0.3 is 6.18 Å². The Hall–Kier alpha value is -3.52. The van der Waals surface area contributed by atoms with Crippen molar-refractivity contribution in [1.29, 1.82) is 0 Å². The maximum absolute atomic E-state index is 13.2. The molecule has 5 nitrogen and oxygen atoms in total. The molecule has 5 rings (SSSR count). The Balaban J connectivity index is 1.45. The Morgan fingerprint density at radius 3 is 2.65 bits per heavy atom. The summed E-state index contributed by atoms with van der Waals surface area (Å²) in [7, 11) is 0. The van der Waals surface area contributed by atoms with Crippen LogP contribution in [0.5, 0.6) is 0 Å². The largest absolute Gasteiger partial charge is 0.392 e. The van der Waals surface area contributed by atoms with Gasteiger partial charge in [0, 0.05) is 11.0 Å². The Morgan fingerprint density at radius 2 is 1.93 bits per heavy atom. The minimum atomic E-state index is -4.29. The number of anilines is 1. The molecular formula is C32H34F3N3O2. The second kappa shape index (κ2) is 10.8. The van der Waals surface area contributed by atoms with Gasteiger partial charge in [0.05, 0.1) is 29.6 Å². The van der Waals surface area contributed by atoms with Gasteiger partial charge in [0.15, 0.2) is 0 Å². The second-order valence-electron chi connectivity index (χ2n) is 11.3. The highest BCUT2D eigenvalue weighted by Crippen LogP contribution is 2.54. The predicted molar refractivity (Wildman–Crippen MR) is 148 cm³/mol. The third-order valence-electron chi connectivity index (χ3n) is 8.54. The second-order valence-corrected chi connectivity index (χ2v) is 11.3. The van der Waals surface area contributed by atoms with E-state index in [0.29, 0.717) is 42.0 Å². The number of nitrogens with one attached hydrogen (secondary N) is 1. The van der Waals surface area contributed by atoms with Gasteiger partial charge in [0.2, 0.25) is 0 Å². The van der Waals surface area contributed by atoms with E-state index >= 15 is 0 Å². The molecule has 210 valence electrons. The maximum atomic E-state index is 13.2. The van der Waals surface area contributed by atoms with E-state index in [9.17, 15) is 23.1 Å². The minimum Gasteiger partial charge on any atom is -0.386 e. The molecule has 1 aromatic heterocycles. The molecule has 3 atom stereocenters. The molecular weight excluding hydrogens is 515 g/mol. The number of aliphatic hydroxyl groups is 1. The van der Waals surface area contributed by atoms with Crippen LogP contribution in [0.4, 0.5) is 18.9 Å². The molecule has 2 aromatic carbocycles. The van der Waals surface area contributed by atoms with E-state index in [1.165, 1.54) is 17.2 Å². The van der Waals surface area contributed by atoms with E-state index in [0.717, 1.165) is 30.9 Å². The van der Waals surface area contributed by atoms with E-state index in [1.807, 2.05) is 43.3 Å². The third-order valence-corrected chi connectivity index (χ3v) is 8.54. The normalized spacial score (nSPS) is 24.4. The van der Waals surface area contributed by atoms with Gasteiger partial charge in [-0.25, -0.2) is 9.97 Å². The van der Waals surface area contributed by atoms with Gasteiger partial charge in [-0.1, -0.05) is 48.6 Å². The van der Waals surface area contributed by atoms with Gasteiger partial charge in [-0.15, -0.1) is 0 Å². The van der Waals surface area contributed by atoms with Crippen molar-refractivity contribution in [3.8, 4) is 0 Å². The quantitative estimate of drug-likeness (QED) is 0.331. The first-order valence-corrected chi connectivity index (χ1v) is 13.7. The van der Waals surface area contributed by atoms with Crippen LogP contribution in [0.15, 0.2) is 66.9 Å². The number of aryl methyl sites for hydroxylation is 3. The van der Waals surface area contributed by atoms with E-state index in [2.05, 4.69) is 27.4 Å². The minimum absolute atomic E-state index is 0.0847. The molecule has 1 unspecified atom stereocenters. The number of hydrogen-bond acceptors (Lipinski definition) is 4. The SMILES string of the molecule is Cc1ncc(NC(=O)c2ccc3c(c2)CCC2C[C@@](O)(/C=C/CC(F)(F)F)CC[C@@]32Cc2ccccc2)c(C)n1. The molecule has 8 heteroatoms. The van der Waals surface area contributed by atoms with Crippen LogP contribution < -0.4 is 5.32 Å². The number of aromatic nitrogens is 2. The van der Waals surface area contributed by atoms with Crippen LogP contribution in [0.1, 0.15) is 70.7 Å². The van der Waals surface area contributed by atoms with Crippen LogP contribution in [0.2, 0.25) is 0 Å².